The topological polar surface area (TPSA) is 83.8 Å². The number of likely N-dealkylation sites (N-methyl/N-ethyl adjacent to an activating group) is 1. The Hall–Kier alpha value is -1.40. The molecule has 6 heteroatoms. The van der Waals surface area contributed by atoms with E-state index in [1.807, 2.05) is 27.2 Å². The van der Waals surface area contributed by atoms with Gasteiger partial charge in [0.05, 0.1) is 33.7 Å². The molecule has 2 unspecified atom stereocenters. The number of carbonyl (C=O) groups is 2. The molecular formula is C17H32NO5+. The number of allylic oxidation sites excluding steroid dienone is 1. The van der Waals surface area contributed by atoms with Crippen LogP contribution in [0.1, 0.15) is 45.4 Å². The Morgan fingerprint density at radius 3 is 2.43 bits per heavy atom. The van der Waals surface area contributed by atoms with Crippen LogP contribution >= 0.6 is 0 Å². The zero-order valence-corrected chi connectivity index (χ0v) is 14.8. The third-order valence-electron chi connectivity index (χ3n) is 3.15. The number of ether oxygens (including phenoxy) is 1. The van der Waals surface area contributed by atoms with Crippen LogP contribution in [0.15, 0.2) is 12.2 Å². The van der Waals surface area contributed by atoms with Gasteiger partial charge in [0.25, 0.3) is 0 Å². The Bertz CT molecular complexity index is 387. The smallest absolute Gasteiger partial charge is 0.307 e. The molecule has 0 aromatic rings. The van der Waals surface area contributed by atoms with Gasteiger partial charge in [-0.3, -0.25) is 9.59 Å². The summed E-state index contributed by atoms with van der Waals surface area (Å²) in [6, 6.07) is 0. The molecule has 0 aliphatic carbocycles. The standard InChI is InChI=1S/C17H31NO5/c1-5-6-7-9-14(19)10-8-11-17(22)23-15(12-16(20)21)13-18(2,3)4/h7,9,14-15,19H,5-6,8,10-13H2,1-4H3/p+1/b9-7+. The maximum atomic E-state index is 11.8. The number of unbranched alkanes of at least 4 members (excludes halogenated alkanes) is 1. The third-order valence-corrected chi connectivity index (χ3v) is 3.15. The number of quaternary nitrogens is 1. The summed E-state index contributed by atoms with van der Waals surface area (Å²) in [4.78, 5) is 22.7. The zero-order valence-electron chi connectivity index (χ0n) is 14.8. The number of aliphatic hydroxyl groups is 1. The molecule has 0 saturated carbocycles. The van der Waals surface area contributed by atoms with Crippen LogP contribution in [-0.4, -0.2) is 66.5 Å². The molecule has 0 saturated heterocycles. The van der Waals surface area contributed by atoms with Crippen LogP contribution < -0.4 is 0 Å². The van der Waals surface area contributed by atoms with Crippen LogP contribution in [0.4, 0.5) is 0 Å². The van der Waals surface area contributed by atoms with E-state index in [9.17, 15) is 14.7 Å². The van der Waals surface area contributed by atoms with E-state index in [0.717, 1.165) is 12.8 Å². The second-order valence-corrected chi connectivity index (χ2v) is 6.86. The van der Waals surface area contributed by atoms with Crippen LogP contribution in [0.25, 0.3) is 0 Å². The molecule has 0 heterocycles. The van der Waals surface area contributed by atoms with Crippen molar-refractivity contribution in [2.24, 2.45) is 0 Å². The van der Waals surface area contributed by atoms with Gasteiger partial charge in [0.1, 0.15) is 6.54 Å². The molecule has 0 aliphatic rings. The number of carbonyl (C=O) groups excluding carboxylic acids is 1. The summed E-state index contributed by atoms with van der Waals surface area (Å²) >= 11 is 0. The second kappa shape index (κ2) is 11.2. The average Bonchev–Trinajstić information content (AvgIpc) is 2.35. The van der Waals surface area contributed by atoms with Gasteiger partial charge in [-0.05, 0) is 19.3 Å². The van der Waals surface area contributed by atoms with Crippen molar-refractivity contribution < 1.29 is 29.0 Å². The van der Waals surface area contributed by atoms with Crippen molar-refractivity contribution >= 4 is 11.9 Å². The van der Waals surface area contributed by atoms with Gasteiger partial charge in [-0.25, -0.2) is 0 Å². The van der Waals surface area contributed by atoms with E-state index in [1.54, 1.807) is 6.08 Å². The molecule has 2 atom stereocenters. The predicted octanol–water partition coefficient (Wildman–Crippen LogP) is 1.97. The first-order chi connectivity index (χ1) is 10.6. The van der Waals surface area contributed by atoms with Gasteiger partial charge in [-0.15, -0.1) is 0 Å². The summed E-state index contributed by atoms with van der Waals surface area (Å²) in [6.45, 7) is 2.51. The molecule has 0 radical (unpaired) electrons. The van der Waals surface area contributed by atoms with Crippen LogP contribution in [0.3, 0.4) is 0 Å². The van der Waals surface area contributed by atoms with Crippen LogP contribution in [0.2, 0.25) is 0 Å². The number of esters is 1. The fourth-order valence-corrected chi connectivity index (χ4v) is 2.17. The number of aliphatic carboxylic acids is 1. The van der Waals surface area contributed by atoms with E-state index in [0.29, 0.717) is 23.9 Å². The van der Waals surface area contributed by atoms with Crippen molar-refractivity contribution in [2.45, 2.75) is 57.7 Å². The fraction of sp³-hybridized carbons (Fsp3) is 0.765. The highest BCUT2D eigenvalue weighted by Crippen LogP contribution is 2.09. The van der Waals surface area contributed by atoms with E-state index in [1.165, 1.54) is 0 Å². The number of carboxylic acid groups (broad SMARTS) is 1. The lowest BCUT2D eigenvalue weighted by Crippen LogP contribution is -2.43. The summed E-state index contributed by atoms with van der Waals surface area (Å²) in [5.41, 5.74) is 0. The quantitative estimate of drug-likeness (QED) is 0.325. The number of rotatable bonds is 12. The van der Waals surface area contributed by atoms with E-state index >= 15 is 0 Å². The van der Waals surface area contributed by atoms with Gasteiger partial charge in [0, 0.05) is 6.42 Å². The number of carboxylic acids is 1. The van der Waals surface area contributed by atoms with E-state index in [-0.39, 0.29) is 12.8 Å². The van der Waals surface area contributed by atoms with Crippen LogP contribution in [0.5, 0.6) is 0 Å². The maximum Gasteiger partial charge on any atom is 0.307 e. The van der Waals surface area contributed by atoms with Gasteiger partial charge < -0.3 is 19.4 Å². The SMILES string of the molecule is CCC/C=C/C(O)CCCC(=O)OC(CC(=O)O)C[N+](C)(C)C. The molecule has 0 aliphatic heterocycles. The summed E-state index contributed by atoms with van der Waals surface area (Å²) in [5.74, 6) is -1.39. The van der Waals surface area contributed by atoms with E-state index in [4.69, 9.17) is 9.84 Å². The first kappa shape index (κ1) is 21.6. The minimum Gasteiger partial charge on any atom is -0.481 e. The van der Waals surface area contributed by atoms with Gasteiger partial charge >= 0.3 is 11.9 Å². The molecule has 0 aromatic heterocycles. The van der Waals surface area contributed by atoms with Gasteiger partial charge in [-0.1, -0.05) is 25.5 Å². The largest absolute Gasteiger partial charge is 0.481 e. The van der Waals surface area contributed by atoms with Crippen LogP contribution in [0, 0.1) is 0 Å². The monoisotopic (exact) mass is 330 g/mol. The molecule has 134 valence electrons. The normalized spacial score (nSPS) is 14.7. The second-order valence-electron chi connectivity index (χ2n) is 6.86. The summed E-state index contributed by atoms with van der Waals surface area (Å²) in [6.07, 6.45) is 5.48. The average molecular weight is 330 g/mol. The van der Waals surface area contributed by atoms with Crippen molar-refractivity contribution in [2.75, 3.05) is 27.7 Å². The third kappa shape index (κ3) is 14.0. The Kier molecular flexibility index (Phi) is 10.5. The van der Waals surface area contributed by atoms with E-state index < -0.39 is 24.1 Å². The highest BCUT2D eigenvalue weighted by molar-refractivity contribution is 5.71. The Morgan fingerprint density at radius 2 is 1.91 bits per heavy atom. The highest BCUT2D eigenvalue weighted by atomic mass is 16.5. The summed E-state index contributed by atoms with van der Waals surface area (Å²) in [5, 5.41) is 18.6. The van der Waals surface area contributed by atoms with Crippen molar-refractivity contribution in [1.29, 1.82) is 0 Å². The molecule has 6 nitrogen and oxygen atoms in total. The minimum absolute atomic E-state index is 0.186. The number of hydrogen-bond donors (Lipinski definition) is 2. The fourth-order valence-electron chi connectivity index (χ4n) is 2.17. The van der Waals surface area contributed by atoms with Gasteiger partial charge in [0.15, 0.2) is 6.10 Å². The molecule has 23 heavy (non-hydrogen) atoms. The minimum atomic E-state index is -0.979. The number of aliphatic hydroxyl groups excluding tert-OH is 1. The highest BCUT2D eigenvalue weighted by Gasteiger charge is 2.24. The molecular weight excluding hydrogens is 298 g/mol. The molecule has 2 N–H and O–H groups in total. The Morgan fingerprint density at radius 1 is 1.26 bits per heavy atom. The molecule has 0 rings (SSSR count). The lowest BCUT2D eigenvalue weighted by atomic mass is 10.1. The first-order valence-corrected chi connectivity index (χ1v) is 8.20. The molecule has 0 aromatic carbocycles. The van der Waals surface area contributed by atoms with Crippen molar-refractivity contribution in [3.05, 3.63) is 12.2 Å². The first-order valence-electron chi connectivity index (χ1n) is 8.20. The van der Waals surface area contributed by atoms with Crippen molar-refractivity contribution in [1.82, 2.24) is 0 Å². The zero-order chi connectivity index (χ0) is 17.9. The molecule has 0 fully saturated rings. The van der Waals surface area contributed by atoms with E-state index in [2.05, 4.69) is 6.92 Å². The Balaban J connectivity index is 4.19. The lowest BCUT2D eigenvalue weighted by Gasteiger charge is -2.28. The lowest BCUT2D eigenvalue weighted by molar-refractivity contribution is -0.873. The van der Waals surface area contributed by atoms with Crippen molar-refractivity contribution in [3.8, 4) is 0 Å². The van der Waals surface area contributed by atoms with Crippen molar-refractivity contribution in [3.63, 3.8) is 0 Å². The van der Waals surface area contributed by atoms with Crippen LogP contribution in [-0.2, 0) is 14.3 Å². The molecule has 0 spiro atoms. The Labute approximate surface area is 139 Å². The number of hydrogen-bond acceptors (Lipinski definition) is 4. The maximum absolute atomic E-state index is 11.8. The molecule has 0 amide bonds. The number of nitrogens with zero attached hydrogens (tertiary/aromatic N) is 1. The predicted molar refractivity (Wildman–Crippen MR) is 88.9 cm³/mol. The van der Waals surface area contributed by atoms with Gasteiger partial charge in [-0.2, -0.15) is 0 Å². The summed E-state index contributed by atoms with van der Waals surface area (Å²) in [7, 11) is 5.76. The van der Waals surface area contributed by atoms with Gasteiger partial charge in [0.2, 0.25) is 0 Å². The molecule has 0 bridgehead atoms. The summed E-state index contributed by atoms with van der Waals surface area (Å²) < 4.78 is 5.80.